The Morgan fingerprint density at radius 1 is 0.857 bits per heavy atom. The lowest BCUT2D eigenvalue weighted by Crippen LogP contribution is -2.33. The van der Waals surface area contributed by atoms with Gasteiger partial charge in [-0.15, -0.1) is 0 Å². The molecule has 180 valence electrons. The summed E-state index contributed by atoms with van der Waals surface area (Å²) in [6.07, 6.45) is 0. The number of hydrogen-bond donors (Lipinski definition) is 2. The van der Waals surface area contributed by atoms with E-state index in [1.54, 1.807) is 79.7 Å². The van der Waals surface area contributed by atoms with Gasteiger partial charge in [-0.1, -0.05) is 18.2 Å². The largest absolute Gasteiger partial charge is 0.497 e. The topological polar surface area (TPSA) is 115 Å². The first-order chi connectivity index (χ1) is 16.9. The number of para-hydroxylation sites is 2. The van der Waals surface area contributed by atoms with Crippen molar-refractivity contribution in [2.45, 2.75) is 13.8 Å². The maximum atomic E-state index is 12.3. The number of hydrogen-bond acceptors (Lipinski definition) is 7. The predicted octanol–water partition coefficient (Wildman–Crippen LogP) is 3.79. The quantitative estimate of drug-likeness (QED) is 0.168. The number of esters is 1. The van der Waals surface area contributed by atoms with Crippen molar-refractivity contribution in [3.63, 3.8) is 0 Å². The second-order valence-electron chi connectivity index (χ2n) is 7.17. The van der Waals surface area contributed by atoms with Crippen LogP contribution in [-0.2, 0) is 9.59 Å². The third kappa shape index (κ3) is 6.91. The Morgan fingerprint density at radius 3 is 2.31 bits per heavy atom. The summed E-state index contributed by atoms with van der Waals surface area (Å²) in [5.74, 6) is -0.983. The SMILES string of the molecule is CCOc1ccccc1NC(=O)C(=O)N/N=C(\C)c1ccc(OC(=O)c2cccc(OC)c2)cc1. The van der Waals surface area contributed by atoms with Gasteiger partial charge >= 0.3 is 17.8 Å². The summed E-state index contributed by atoms with van der Waals surface area (Å²) in [6.45, 7) is 3.90. The zero-order chi connectivity index (χ0) is 25.2. The number of methoxy groups -OCH3 is 1. The average molecular weight is 476 g/mol. The Hall–Kier alpha value is -4.66. The van der Waals surface area contributed by atoms with Gasteiger partial charge in [0.25, 0.3) is 0 Å². The molecule has 0 aliphatic heterocycles. The first-order valence-electron chi connectivity index (χ1n) is 10.8. The first kappa shape index (κ1) is 25.0. The fourth-order valence-corrected chi connectivity index (χ4v) is 2.96. The maximum absolute atomic E-state index is 12.3. The first-order valence-corrected chi connectivity index (χ1v) is 10.8. The van der Waals surface area contributed by atoms with Gasteiger partial charge in [0, 0.05) is 0 Å². The minimum Gasteiger partial charge on any atom is -0.497 e. The van der Waals surface area contributed by atoms with Crippen LogP contribution in [-0.4, -0.2) is 37.2 Å². The van der Waals surface area contributed by atoms with Crippen LogP contribution in [0.25, 0.3) is 0 Å². The van der Waals surface area contributed by atoms with E-state index >= 15 is 0 Å². The summed E-state index contributed by atoms with van der Waals surface area (Å²) in [6, 6.07) is 20.0. The van der Waals surface area contributed by atoms with E-state index in [1.807, 2.05) is 6.92 Å². The van der Waals surface area contributed by atoms with Crippen molar-refractivity contribution in [3.8, 4) is 17.2 Å². The number of rotatable bonds is 8. The van der Waals surface area contributed by atoms with Gasteiger partial charge in [0.1, 0.15) is 17.2 Å². The molecule has 0 aromatic heterocycles. The second-order valence-corrected chi connectivity index (χ2v) is 7.17. The van der Waals surface area contributed by atoms with Crippen molar-refractivity contribution in [2.75, 3.05) is 19.0 Å². The van der Waals surface area contributed by atoms with E-state index in [4.69, 9.17) is 14.2 Å². The van der Waals surface area contributed by atoms with Crippen molar-refractivity contribution < 1.29 is 28.6 Å². The van der Waals surface area contributed by atoms with Crippen molar-refractivity contribution in [1.29, 1.82) is 0 Å². The van der Waals surface area contributed by atoms with Crippen LogP contribution in [0.4, 0.5) is 5.69 Å². The van der Waals surface area contributed by atoms with Crippen molar-refractivity contribution in [1.82, 2.24) is 5.43 Å². The fraction of sp³-hybridized carbons (Fsp3) is 0.154. The summed E-state index contributed by atoms with van der Waals surface area (Å²) in [5, 5.41) is 6.48. The Balaban J connectivity index is 1.58. The van der Waals surface area contributed by atoms with E-state index < -0.39 is 17.8 Å². The summed E-state index contributed by atoms with van der Waals surface area (Å²) in [7, 11) is 1.52. The van der Waals surface area contributed by atoms with E-state index in [2.05, 4.69) is 15.8 Å². The van der Waals surface area contributed by atoms with Crippen LogP contribution in [0.5, 0.6) is 17.2 Å². The molecule has 35 heavy (non-hydrogen) atoms. The lowest BCUT2D eigenvalue weighted by atomic mass is 10.1. The molecule has 0 spiro atoms. The number of nitrogens with zero attached hydrogens (tertiary/aromatic N) is 1. The van der Waals surface area contributed by atoms with Gasteiger partial charge in [-0.05, 0) is 74.0 Å². The summed E-state index contributed by atoms with van der Waals surface area (Å²) in [5.41, 5.74) is 4.08. The molecule has 2 N–H and O–H groups in total. The van der Waals surface area contributed by atoms with Gasteiger partial charge < -0.3 is 19.5 Å². The number of hydrazone groups is 1. The molecular weight excluding hydrogens is 450 g/mol. The van der Waals surface area contributed by atoms with Gasteiger partial charge in [-0.2, -0.15) is 5.10 Å². The molecule has 9 heteroatoms. The molecule has 0 aliphatic rings. The Labute approximate surface area is 202 Å². The van der Waals surface area contributed by atoms with E-state index in [-0.39, 0.29) is 0 Å². The van der Waals surface area contributed by atoms with Crippen LogP contribution in [0.15, 0.2) is 77.9 Å². The minimum absolute atomic E-state index is 0.339. The Kier molecular flexibility index (Phi) is 8.55. The molecule has 0 bridgehead atoms. The van der Waals surface area contributed by atoms with Gasteiger partial charge in [0.15, 0.2) is 0 Å². The molecule has 0 atom stereocenters. The number of carbonyl (C=O) groups excluding carboxylic acids is 3. The standard InChI is InChI=1S/C26H25N3O6/c1-4-34-23-11-6-5-10-22(23)27-24(30)25(31)29-28-17(2)18-12-14-20(15-13-18)35-26(32)19-8-7-9-21(16-19)33-3/h5-16H,4H2,1-3H3,(H,27,30)(H,29,31)/b28-17+. The maximum Gasteiger partial charge on any atom is 0.343 e. The van der Waals surface area contributed by atoms with Crippen LogP contribution < -0.4 is 25.0 Å². The highest BCUT2D eigenvalue weighted by Crippen LogP contribution is 2.23. The van der Waals surface area contributed by atoms with Gasteiger partial charge in [0.05, 0.1) is 30.7 Å². The van der Waals surface area contributed by atoms with E-state index in [1.165, 1.54) is 7.11 Å². The number of carbonyl (C=O) groups is 3. The van der Waals surface area contributed by atoms with E-state index in [9.17, 15) is 14.4 Å². The van der Waals surface area contributed by atoms with Crippen LogP contribution in [0.3, 0.4) is 0 Å². The van der Waals surface area contributed by atoms with E-state index in [0.29, 0.717) is 46.4 Å². The summed E-state index contributed by atoms with van der Waals surface area (Å²) < 4.78 is 15.9. The van der Waals surface area contributed by atoms with Crippen LogP contribution in [0.2, 0.25) is 0 Å². The van der Waals surface area contributed by atoms with Crippen LogP contribution in [0.1, 0.15) is 29.8 Å². The smallest absolute Gasteiger partial charge is 0.343 e. The van der Waals surface area contributed by atoms with Gasteiger partial charge in [-0.25, -0.2) is 10.2 Å². The monoisotopic (exact) mass is 475 g/mol. The zero-order valence-corrected chi connectivity index (χ0v) is 19.5. The number of amides is 2. The Morgan fingerprint density at radius 2 is 1.60 bits per heavy atom. The van der Waals surface area contributed by atoms with Gasteiger partial charge in [-0.3, -0.25) is 9.59 Å². The number of benzene rings is 3. The normalized spacial score (nSPS) is 10.8. The third-order valence-corrected chi connectivity index (χ3v) is 4.75. The molecule has 0 aliphatic carbocycles. The Bertz CT molecular complexity index is 1240. The molecular formula is C26H25N3O6. The molecule has 9 nitrogen and oxygen atoms in total. The number of anilines is 1. The van der Waals surface area contributed by atoms with E-state index in [0.717, 1.165) is 0 Å². The zero-order valence-electron chi connectivity index (χ0n) is 19.5. The number of ether oxygens (including phenoxy) is 3. The molecule has 0 saturated carbocycles. The van der Waals surface area contributed by atoms with Crippen LogP contribution >= 0.6 is 0 Å². The molecule has 3 aromatic carbocycles. The highest BCUT2D eigenvalue weighted by Gasteiger charge is 2.16. The molecule has 0 unspecified atom stereocenters. The summed E-state index contributed by atoms with van der Waals surface area (Å²) in [4.78, 5) is 36.7. The van der Waals surface area contributed by atoms with Crippen molar-refractivity contribution >= 4 is 29.2 Å². The average Bonchev–Trinajstić information content (AvgIpc) is 2.88. The highest BCUT2D eigenvalue weighted by atomic mass is 16.5. The number of nitrogens with one attached hydrogen (secondary N) is 2. The molecule has 3 rings (SSSR count). The minimum atomic E-state index is -0.931. The predicted molar refractivity (Wildman–Crippen MR) is 131 cm³/mol. The van der Waals surface area contributed by atoms with Crippen LogP contribution in [0, 0.1) is 0 Å². The van der Waals surface area contributed by atoms with Gasteiger partial charge in [0.2, 0.25) is 0 Å². The molecule has 3 aromatic rings. The van der Waals surface area contributed by atoms with Crippen molar-refractivity contribution in [2.24, 2.45) is 5.10 Å². The highest BCUT2D eigenvalue weighted by molar-refractivity contribution is 6.39. The molecule has 0 fully saturated rings. The third-order valence-electron chi connectivity index (χ3n) is 4.75. The second kappa shape index (κ2) is 12.0. The lowest BCUT2D eigenvalue weighted by Gasteiger charge is -2.10. The molecule has 0 heterocycles. The fourth-order valence-electron chi connectivity index (χ4n) is 2.96. The molecule has 2 amide bonds. The lowest BCUT2D eigenvalue weighted by molar-refractivity contribution is -0.136. The van der Waals surface area contributed by atoms with Crippen molar-refractivity contribution in [3.05, 3.63) is 83.9 Å². The summed E-state index contributed by atoms with van der Waals surface area (Å²) >= 11 is 0. The molecule has 0 radical (unpaired) electrons. The molecule has 0 saturated heterocycles.